The maximum Gasteiger partial charge on any atom is 0.165 e. The van der Waals surface area contributed by atoms with Gasteiger partial charge in [-0.3, -0.25) is 0 Å². The molecule has 0 radical (unpaired) electrons. The van der Waals surface area contributed by atoms with Crippen molar-refractivity contribution in [2.24, 2.45) is 0 Å². The van der Waals surface area contributed by atoms with Gasteiger partial charge < -0.3 is 5.11 Å². The Hall–Kier alpha value is -2.55. The van der Waals surface area contributed by atoms with Crippen molar-refractivity contribution < 1.29 is 5.11 Å². The topological polar surface area (TPSA) is 38.1 Å². The van der Waals surface area contributed by atoms with Crippen LogP contribution >= 0.6 is 0 Å². The number of para-hydroxylation sites is 1. The van der Waals surface area contributed by atoms with Crippen LogP contribution in [0.1, 0.15) is 18.2 Å². The van der Waals surface area contributed by atoms with Crippen molar-refractivity contribution >= 4 is 0 Å². The summed E-state index contributed by atoms with van der Waals surface area (Å²) in [5.74, 6) is 0.270. The molecular weight excluding hydrogens is 260 g/mol. The fraction of sp³-hybridized carbons (Fsp3) is 0.167. The molecule has 3 rings (SSSR count). The van der Waals surface area contributed by atoms with Crippen LogP contribution in [0.3, 0.4) is 0 Å². The maximum atomic E-state index is 10.5. The second-order valence-corrected chi connectivity index (χ2v) is 5.06. The van der Waals surface area contributed by atoms with E-state index in [1.165, 1.54) is 0 Å². The Morgan fingerprint density at radius 3 is 2.33 bits per heavy atom. The quantitative estimate of drug-likeness (QED) is 0.782. The lowest BCUT2D eigenvalue weighted by Gasteiger charge is -2.08. The van der Waals surface area contributed by atoms with Crippen LogP contribution < -0.4 is 0 Å². The van der Waals surface area contributed by atoms with Crippen LogP contribution in [0.5, 0.6) is 5.75 Å². The van der Waals surface area contributed by atoms with Gasteiger partial charge in [0.25, 0.3) is 0 Å². The van der Waals surface area contributed by atoms with Crippen LogP contribution in [0.4, 0.5) is 0 Å². The second-order valence-electron chi connectivity index (χ2n) is 5.06. The molecule has 0 aliphatic rings. The van der Waals surface area contributed by atoms with Gasteiger partial charge in [0.05, 0.1) is 11.4 Å². The molecule has 21 heavy (non-hydrogen) atoms. The molecule has 0 bridgehead atoms. The summed E-state index contributed by atoms with van der Waals surface area (Å²) in [5, 5.41) is 15.2. The fourth-order valence-electron chi connectivity index (χ4n) is 2.55. The summed E-state index contributed by atoms with van der Waals surface area (Å²) in [7, 11) is 0. The van der Waals surface area contributed by atoms with Crippen molar-refractivity contribution in [3.63, 3.8) is 0 Å². The van der Waals surface area contributed by atoms with Crippen LogP contribution in [0.25, 0.3) is 16.9 Å². The Morgan fingerprint density at radius 1 is 1.00 bits per heavy atom. The molecule has 1 N–H and O–H groups in total. The van der Waals surface area contributed by atoms with Gasteiger partial charge in [-0.05, 0) is 25.0 Å². The van der Waals surface area contributed by atoms with Crippen molar-refractivity contribution in [1.29, 1.82) is 0 Å². The highest BCUT2D eigenvalue weighted by Gasteiger charge is 2.18. The molecule has 3 nitrogen and oxygen atoms in total. The van der Waals surface area contributed by atoms with Gasteiger partial charge in [0, 0.05) is 5.56 Å². The summed E-state index contributed by atoms with van der Waals surface area (Å²) in [5.41, 5.74) is 4.54. The molecule has 2 aromatic carbocycles. The minimum atomic E-state index is 0.270. The number of aromatic hydroxyl groups is 1. The Bertz CT molecular complexity index is 760. The number of hydrogen-bond acceptors (Lipinski definition) is 2. The number of aromatic nitrogens is 2. The first-order valence-corrected chi connectivity index (χ1v) is 7.14. The molecule has 0 unspecified atom stereocenters. The standard InChI is InChI=1S/C18H18N2O/c1-3-15-18(21)17(14-10-5-4-6-11-14)19-20(15)16-12-8-7-9-13(16)2/h4-12,21H,3H2,1-2H3. The fourth-order valence-corrected chi connectivity index (χ4v) is 2.55. The summed E-state index contributed by atoms with van der Waals surface area (Å²) < 4.78 is 1.85. The van der Waals surface area contributed by atoms with Crippen molar-refractivity contribution in [2.75, 3.05) is 0 Å². The molecule has 106 valence electrons. The smallest absolute Gasteiger partial charge is 0.165 e. The molecule has 3 heteroatoms. The van der Waals surface area contributed by atoms with E-state index >= 15 is 0 Å². The molecule has 0 aliphatic carbocycles. The molecular formula is C18H18N2O. The van der Waals surface area contributed by atoms with Crippen LogP contribution in [-0.4, -0.2) is 14.9 Å². The highest BCUT2D eigenvalue weighted by atomic mass is 16.3. The minimum absolute atomic E-state index is 0.270. The van der Waals surface area contributed by atoms with Gasteiger partial charge in [-0.2, -0.15) is 5.10 Å². The van der Waals surface area contributed by atoms with E-state index in [-0.39, 0.29) is 5.75 Å². The molecule has 3 aromatic rings. The first-order valence-electron chi connectivity index (χ1n) is 7.14. The lowest BCUT2D eigenvalue weighted by atomic mass is 10.1. The van der Waals surface area contributed by atoms with Crippen molar-refractivity contribution in [1.82, 2.24) is 9.78 Å². The maximum absolute atomic E-state index is 10.5. The Labute approximate surface area is 124 Å². The SMILES string of the molecule is CCc1c(O)c(-c2ccccc2)nn1-c1ccccc1C. The summed E-state index contributed by atoms with van der Waals surface area (Å²) in [6, 6.07) is 17.9. The summed E-state index contributed by atoms with van der Waals surface area (Å²) in [6.07, 6.45) is 0.722. The van der Waals surface area contributed by atoms with E-state index in [4.69, 9.17) is 0 Å². The van der Waals surface area contributed by atoms with Crippen molar-refractivity contribution in [2.45, 2.75) is 20.3 Å². The first-order chi connectivity index (χ1) is 10.2. The minimum Gasteiger partial charge on any atom is -0.504 e. The van der Waals surface area contributed by atoms with Crippen LogP contribution in [-0.2, 0) is 6.42 Å². The highest BCUT2D eigenvalue weighted by molar-refractivity contribution is 5.68. The van der Waals surface area contributed by atoms with Crippen molar-refractivity contribution in [3.8, 4) is 22.7 Å². The van der Waals surface area contributed by atoms with E-state index in [2.05, 4.69) is 18.1 Å². The van der Waals surface area contributed by atoms with Crippen molar-refractivity contribution in [3.05, 3.63) is 65.9 Å². The average molecular weight is 278 g/mol. The van der Waals surface area contributed by atoms with Gasteiger partial charge in [0.2, 0.25) is 0 Å². The summed E-state index contributed by atoms with van der Waals surface area (Å²) >= 11 is 0. The Kier molecular flexibility index (Phi) is 3.48. The van der Waals surface area contributed by atoms with Gasteiger partial charge in [-0.25, -0.2) is 4.68 Å². The van der Waals surface area contributed by atoms with Gasteiger partial charge in [0.15, 0.2) is 5.75 Å². The number of rotatable bonds is 3. The zero-order valence-electron chi connectivity index (χ0n) is 12.2. The largest absolute Gasteiger partial charge is 0.504 e. The zero-order valence-corrected chi connectivity index (χ0v) is 12.2. The number of aryl methyl sites for hydroxylation is 1. The molecule has 0 saturated heterocycles. The third-order valence-electron chi connectivity index (χ3n) is 3.68. The van der Waals surface area contributed by atoms with E-state index in [1.807, 2.05) is 60.1 Å². The van der Waals surface area contributed by atoms with Gasteiger partial charge >= 0.3 is 0 Å². The lowest BCUT2D eigenvalue weighted by molar-refractivity contribution is 0.469. The average Bonchev–Trinajstić information content (AvgIpc) is 2.85. The third-order valence-corrected chi connectivity index (χ3v) is 3.68. The molecule has 0 fully saturated rings. The Morgan fingerprint density at radius 2 is 1.67 bits per heavy atom. The van der Waals surface area contributed by atoms with Crippen LogP contribution in [0.2, 0.25) is 0 Å². The normalized spacial score (nSPS) is 10.8. The molecule has 0 saturated carbocycles. The molecule has 1 heterocycles. The molecule has 0 atom stereocenters. The Balaban J connectivity index is 2.22. The summed E-state index contributed by atoms with van der Waals surface area (Å²) in [4.78, 5) is 0. The molecule has 0 amide bonds. The van der Waals surface area contributed by atoms with Gasteiger partial charge in [-0.15, -0.1) is 0 Å². The van der Waals surface area contributed by atoms with Crippen LogP contribution in [0.15, 0.2) is 54.6 Å². The monoisotopic (exact) mass is 278 g/mol. The predicted octanol–water partition coefficient (Wildman–Crippen LogP) is 4.12. The zero-order chi connectivity index (χ0) is 14.8. The number of benzene rings is 2. The van der Waals surface area contributed by atoms with E-state index in [0.29, 0.717) is 5.69 Å². The number of hydrogen-bond donors (Lipinski definition) is 1. The van der Waals surface area contributed by atoms with E-state index < -0.39 is 0 Å². The summed E-state index contributed by atoms with van der Waals surface area (Å²) in [6.45, 7) is 4.08. The van der Waals surface area contributed by atoms with E-state index in [1.54, 1.807) is 0 Å². The third kappa shape index (κ3) is 2.31. The lowest BCUT2D eigenvalue weighted by Crippen LogP contribution is -2.03. The molecule has 1 aromatic heterocycles. The van der Waals surface area contributed by atoms with Gasteiger partial charge in [-0.1, -0.05) is 55.5 Å². The number of nitrogens with zero attached hydrogens (tertiary/aromatic N) is 2. The second kappa shape index (κ2) is 5.44. The highest BCUT2D eigenvalue weighted by Crippen LogP contribution is 2.33. The van der Waals surface area contributed by atoms with E-state index in [9.17, 15) is 5.11 Å². The first kappa shape index (κ1) is 13.4. The molecule has 0 spiro atoms. The molecule has 0 aliphatic heterocycles. The van der Waals surface area contributed by atoms with Crippen LogP contribution in [0, 0.1) is 6.92 Å². The van der Waals surface area contributed by atoms with Gasteiger partial charge in [0.1, 0.15) is 5.69 Å². The van der Waals surface area contributed by atoms with E-state index in [0.717, 1.165) is 28.9 Å². The predicted molar refractivity (Wildman–Crippen MR) is 84.8 cm³/mol.